The predicted molar refractivity (Wildman–Crippen MR) is 185 cm³/mol. The summed E-state index contributed by atoms with van der Waals surface area (Å²) in [5, 5.41) is 8.73. The Morgan fingerprint density at radius 1 is 1.09 bits per heavy atom. The molecule has 0 saturated carbocycles. The second-order valence-electron chi connectivity index (χ2n) is 12.4. The lowest BCUT2D eigenvalue weighted by molar-refractivity contribution is -0.132. The van der Waals surface area contributed by atoms with E-state index in [1.807, 2.05) is 42.2 Å². The summed E-state index contributed by atoms with van der Waals surface area (Å²) in [5.41, 5.74) is 17.2. The standard InChI is InChI=1S/C35H40N10O2/c1-23-19-27(9-14-40-23)31(37)32-28(36)7-8-29(42-32)45-18-13-35(34(45)47)12-17-43(21-35)20-30(46)44-15-10-25(11-16-44)24-3-5-26(6-4-24)33(38)41-22-39-2/h3-10,14,19,22,37H,11-13,15-18,20-21,36H2,1-2H3,(H2,38,39,41)/t35-/m0/s1. The number of amides is 2. The average molecular weight is 633 g/mol. The number of anilines is 2. The highest BCUT2D eigenvalue weighted by molar-refractivity contribution is 6.13. The van der Waals surface area contributed by atoms with Gasteiger partial charge in [0.05, 0.1) is 23.4 Å². The molecule has 47 heavy (non-hydrogen) atoms. The second-order valence-corrected chi connectivity index (χ2v) is 12.4. The minimum Gasteiger partial charge on any atom is -0.397 e. The zero-order chi connectivity index (χ0) is 33.1. The summed E-state index contributed by atoms with van der Waals surface area (Å²) < 4.78 is 0. The van der Waals surface area contributed by atoms with Gasteiger partial charge in [-0.05, 0) is 68.1 Å². The number of carbonyl (C=O) groups is 2. The Balaban J connectivity index is 1.06. The third-order valence-corrected chi connectivity index (χ3v) is 9.34. The number of nitrogens with two attached hydrogens (primary N) is 2. The van der Waals surface area contributed by atoms with E-state index in [1.54, 1.807) is 36.3 Å². The van der Waals surface area contributed by atoms with Crippen LogP contribution in [0.4, 0.5) is 11.5 Å². The highest BCUT2D eigenvalue weighted by Gasteiger charge is 2.51. The van der Waals surface area contributed by atoms with Gasteiger partial charge in [-0.15, -0.1) is 0 Å². The minimum absolute atomic E-state index is 0.0186. The van der Waals surface area contributed by atoms with Crippen LogP contribution in [0.1, 0.15) is 47.3 Å². The first kappa shape index (κ1) is 31.7. The van der Waals surface area contributed by atoms with Crippen LogP contribution in [0.5, 0.6) is 0 Å². The summed E-state index contributed by atoms with van der Waals surface area (Å²) >= 11 is 0. The molecular weight excluding hydrogens is 592 g/mol. The number of aromatic nitrogens is 2. The Labute approximate surface area is 274 Å². The second kappa shape index (κ2) is 13.2. The van der Waals surface area contributed by atoms with Gasteiger partial charge in [-0.2, -0.15) is 0 Å². The van der Waals surface area contributed by atoms with Crippen LogP contribution in [0.15, 0.2) is 70.8 Å². The number of hydrogen-bond acceptors (Lipinski definition) is 8. The lowest BCUT2D eigenvalue weighted by Gasteiger charge is -2.29. The Bertz CT molecular complexity index is 1800. The molecule has 6 rings (SSSR count). The van der Waals surface area contributed by atoms with Gasteiger partial charge >= 0.3 is 0 Å². The number of amidine groups is 1. The van der Waals surface area contributed by atoms with Gasteiger partial charge in [-0.1, -0.05) is 30.3 Å². The minimum atomic E-state index is -0.544. The van der Waals surface area contributed by atoms with Crippen LogP contribution in [-0.4, -0.2) is 95.8 Å². The van der Waals surface area contributed by atoms with Gasteiger partial charge < -0.3 is 16.4 Å². The van der Waals surface area contributed by atoms with Gasteiger partial charge in [-0.3, -0.25) is 34.8 Å². The van der Waals surface area contributed by atoms with Crippen molar-refractivity contribution in [2.75, 3.05) is 56.9 Å². The van der Waals surface area contributed by atoms with Crippen molar-refractivity contribution in [1.29, 1.82) is 5.41 Å². The van der Waals surface area contributed by atoms with Gasteiger partial charge in [0.15, 0.2) is 0 Å². The molecule has 1 aromatic carbocycles. The van der Waals surface area contributed by atoms with E-state index in [1.165, 1.54) is 11.9 Å². The topological polar surface area (TPSA) is 170 Å². The van der Waals surface area contributed by atoms with Crippen LogP contribution in [0, 0.1) is 17.7 Å². The van der Waals surface area contributed by atoms with Gasteiger partial charge in [0.2, 0.25) is 11.8 Å². The quantitative estimate of drug-likeness (QED) is 0.253. The molecule has 12 nitrogen and oxygen atoms in total. The van der Waals surface area contributed by atoms with Crippen molar-refractivity contribution in [2.24, 2.45) is 21.1 Å². The van der Waals surface area contributed by atoms with Gasteiger partial charge in [0.1, 0.15) is 23.7 Å². The molecule has 0 radical (unpaired) electrons. The fourth-order valence-corrected chi connectivity index (χ4v) is 6.66. The summed E-state index contributed by atoms with van der Waals surface area (Å²) in [7, 11) is 1.65. The molecule has 12 heteroatoms. The zero-order valence-corrected chi connectivity index (χ0v) is 26.8. The maximum atomic E-state index is 13.9. The summed E-state index contributed by atoms with van der Waals surface area (Å²) in [4.78, 5) is 49.7. The van der Waals surface area contributed by atoms with E-state index in [-0.39, 0.29) is 17.5 Å². The molecule has 2 aromatic heterocycles. The van der Waals surface area contributed by atoms with Crippen LogP contribution in [0.25, 0.3) is 5.57 Å². The number of rotatable bonds is 8. The molecule has 2 fully saturated rings. The number of aryl methyl sites for hydroxylation is 1. The molecule has 0 bridgehead atoms. The van der Waals surface area contributed by atoms with E-state index in [2.05, 4.69) is 30.9 Å². The van der Waals surface area contributed by atoms with Gasteiger partial charge in [0, 0.05) is 56.2 Å². The monoisotopic (exact) mass is 632 g/mol. The molecule has 2 saturated heterocycles. The molecule has 1 spiro atoms. The van der Waals surface area contributed by atoms with E-state index < -0.39 is 5.41 Å². The Kier molecular flexibility index (Phi) is 8.95. The van der Waals surface area contributed by atoms with Crippen molar-refractivity contribution in [3.8, 4) is 0 Å². The number of likely N-dealkylation sites (tertiary alicyclic amines) is 1. The first-order valence-electron chi connectivity index (χ1n) is 15.8. The predicted octanol–water partition coefficient (Wildman–Crippen LogP) is 2.89. The number of nitrogens with one attached hydrogen (secondary N) is 1. The number of nitrogens with zero attached hydrogens (tertiary/aromatic N) is 7. The van der Waals surface area contributed by atoms with E-state index in [4.69, 9.17) is 16.9 Å². The third-order valence-electron chi connectivity index (χ3n) is 9.34. The maximum Gasteiger partial charge on any atom is 0.237 e. The van der Waals surface area contributed by atoms with Crippen molar-refractivity contribution < 1.29 is 9.59 Å². The number of nitrogen functional groups attached to an aromatic ring is 1. The average Bonchev–Trinajstić information content (AvgIpc) is 3.65. The van der Waals surface area contributed by atoms with Crippen molar-refractivity contribution in [3.63, 3.8) is 0 Å². The van der Waals surface area contributed by atoms with E-state index in [0.717, 1.165) is 23.2 Å². The van der Waals surface area contributed by atoms with E-state index in [9.17, 15) is 9.59 Å². The highest BCUT2D eigenvalue weighted by atomic mass is 16.2. The molecule has 5 heterocycles. The molecule has 0 unspecified atom stereocenters. The van der Waals surface area contributed by atoms with E-state index >= 15 is 0 Å². The first-order valence-corrected chi connectivity index (χ1v) is 15.8. The fourth-order valence-electron chi connectivity index (χ4n) is 6.66. The number of benzene rings is 1. The Hall–Kier alpha value is -5.23. The molecule has 242 valence electrons. The Morgan fingerprint density at radius 2 is 1.87 bits per heavy atom. The maximum absolute atomic E-state index is 13.9. The van der Waals surface area contributed by atoms with Crippen LogP contribution in [-0.2, 0) is 9.59 Å². The molecule has 3 aliphatic rings. The zero-order valence-electron chi connectivity index (χ0n) is 26.8. The SMILES string of the molecule is CN=CN=C(N)c1ccc(C2=CCN(C(=O)CN3CC[C@]4(CCN(c5ccc(N)c(C(=N)c6ccnc(C)c6)n5)C4=O)C3)CC2)cc1. The molecule has 3 aliphatic heterocycles. The molecule has 0 aliphatic carbocycles. The lowest BCUT2D eigenvalue weighted by atomic mass is 9.85. The molecule has 1 atom stereocenters. The number of aliphatic imine (C=N–C) groups is 2. The van der Waals surface area contributed by atoms with Crippen molar-refractivity contribution in [1.82, 2.24) is 19.8 Å². The summed E-state index contributed by atoms with van der Waals surface area (Å²) in [6.07, 6.45) is 7.35. The first-order chi connectivity index (χ1) is 22.7. The third kappa shape index (κ3) is 6.54. The molecule has 2 amide bonds. The van der Waals surface area contributed by atoms with Gasteiger partial charge in [0.25, 0.3) is 0 Å². The largest absolute Gasteiger partial charge is 0.397 e. The Morgan fingerprint density at radius 3 is 2.60 bits per heavy atom. The van der Waals surface area contributed by atoms with Crippen molar-refractivity contribution in [3.05, 3.63) is 88.9 Å². The number of carbonyl (C=O) groups excluding carboxylic acids is 2. The van der Waals surface area contributed by atoms with Crippen LogP contribution < -0.4 is 16.4 Å². The molecular formula is C35H40N10O2. The highest BCUT2D eigenvalue weighted by Crippen LogP contribution is 2.42. The van der Waals surface area contributed by atoms with Crippen LogP contribution in [0.2, 0.25) is 0 Å². The van der Waals surface area contributed by atoms with Crippen molar-refractivity contribution in [2.45, 2.75) is 26.2 Å². The molecule has 3 aromatic rings. The van der Waals surface area contributed by atoms with E-state index in [0.29, 0.717) is 80.7 Å². The van der Waals surface area contributed by atoms with Crippen LogP contribution >= 0.6 is 0 Å². The van der Waals surface area contributed by atoms with Crippen LogP contribution in [0.3, 0.4) is 0 Å². The summed E-state index contributed by atoms with van der Waals surface area (Å²) in [5.74, 6) is 1.00. The number of hydrogen-bond donors (Lipinski definition) is 3. The molecule has 5 N–H and O–H groups in total. The summed E-state index contributed by atoms with van der Waals surface area (Å²) in [6, 6.07) is 15.0. The lowest BCUT2D eigenvalue weighted by Crippen LogP contribution is -2.43. The normalized spacial score (nSPS) is 20.4. The number of pyridine rings is 2. The fraction of sp³-hybridized carbons (Fsp3) is 0.343. The smallest absolute Gasteiger partial charge is 0.237 e. The van der Waals surface area contributed by atoms with Crippen molar-refractivity contribution >= 4 is 46.8 Å². The van der Waals surface area contributed by atoms with Gasteiger partial charge in [-0.25, -0.2) is 9.98 Å². The summed E-state index contributed by atoms with van der Waals surface area (Å²) in [6.45, 7) is 5.12.